The zero-order valence-corrected chi connectivity index (χ0v) is 15.4. The predicted octanol–water partition coefficient (Wildman–Crippen LogP) is 0.524. The first-order chi connectivity index (χ1) is 11.9. The average Bonchev–Trinajstić information content (AvgIpc) is 3.26. The molecule has 2 aromatic heterocycles. The first-order valence-corrected chi connectivity index (χ1v) is 10.3. The normalized spacial score (nSPS) is 24.5. The van der Waals surface area contributed by atoms with E-state index in [1.54, 1.807) is 4.52 Å². The van der Waals surface area contributed by atoms with Gasteiger partial charge in [-0.1, -0.05) is 6.92 Å². The van der Waals surface area contributed by atoms with Crippen LogP contribution in [0.15, 0.2) is 17.4 Å². The summed E-state index contributed by atoms with van der Waals surface area (Å²) in [6.45, 7) is 7.68. The molecule has 0 amide bonds. The lowest BCUT2D eigenvalue weighted by Crippen LogP contribution is -2.36. The number of anilines is 1. The quantitative estimate of drug-likeness (QED) is 0.822. The average molecular weight is 364 g/mol. The van der Waals surface area contributed by atoms with Crippen molar-refractivity contribution in [3.8, 4) is 0 Å². The molecule has 2 unspecified atom stereocenters. The largest absolute Gasteiger partial charge is 0.370 e. The molecule has 0 aromatic carbocycles. The summed E-state index contributed by atoms with van der Waals surface area (Å²) in [6, 6.07) is 1.96. The van der Waals surface area contributed by atoms with Gasteiger partial charge in [-0.15, -0.1) is 5.10 Å². The minimum Gasteiger partial charge on any atom is -0.370 e. The van der Waals surface area contributed by atoms with E-state index in [0.29, 0.717) is 18.1 Å². The number of aromatic nitrogens is 3. The standard InChI is InChI=1S/C16H24N6O2S/c1-11-4-6-21(9-11)14-7-12(2)15-18-16(19-22(15)10-14)25(23,24)20-13-3-5-17-8-13/h7,10-11,13,17,20H,3-6,8-9H2,1-2H3. The van der Waals surface area contributed by atoms with Gasteiger partial charge in [0.2, 0.25) is 0 Å². The second kappa shape index (κ2) is 6.22. The number of sulfonamides is 1. The topological polar surface area (TPSA) is 91.6 Å². The Bertz CT molecular complexity index is 887. The number of nitrogens with one attached hydrogen (secondary N) is 2. The van der Waals surface area contributed by atoms with E-state index in [9.17, 15) is 8.42 Å². The Morgan fingerprint density at radius 1 is 1.36 bits per heavy atom. The van der Waals surface area contributed by atoms with Crippen LogP contribution in [0, 0.1) is 12.8 Å². The van der Waals surface area contributed by atoms with Crippen molar-refractivity contribution in [3.63, 3.8) is 0 Å². The Kier molecular flexibility index (Phi) is 4.17. The number of rotatable bonds is 4. The van der Waals surface area contributed by atoms with Gasteiger partial charge >= 0.3 is 0 Å². The van der Waals surface area contributed by atoms with Crippen LogP contribution >= 0.6 is 0 Å². The third-order valence-corrected chi connectivity index (χ3v) is 6.29. The van der Waals surface area contributed by atoms with Crippen LogP contribution in [0.3, 0.4) is 0 Å². The molecule has 0 radical (unpaired) electrons. The van der Waals surface area contributed by atoms with E-state index in [2.05, 4.69) is 38.0 Å². The molecule has 4 heterocycles. The van der Waals surface area contributed by atoms with Gasteiger partial charge in [-0.05, 0) is 43.9 Å². The van der Waals surface area contributed by atoms with Crippen molar-refractivity contribution in [2.75, 3.05) is 31.1 Å². The lowest BCUT2D eigenvalue weighted by atomic mass is 10.2. The molecule has 0 aliphatic carbocycles. The van der Waals surface area contributed by atoms with Crippen molar-refractivity contribution >= 4 is 21.4 Å². The van der Waals surface area contributed by atoms with Gasteiger partial charge in [-0.3, -0.25) is 0 Å². The fourth-order valence-corrected chi connectivity index (χ4v) is 4.74. The second-order valence-corrected chi connectivity index (χ2v) is 8.80. The maximum atomic E-state index is 12.6. The minimum absolute atomic E-state index is 0.0978. The summed E-state index contributed by atoms with van der Waals surface area (Å²) in [5.41, 5.74) is 2.57. The second-order valence-electron chi connectivity index (χ2n) is 7.19. The molecule has 0 saturated carbocycles. The Morgan fingerprint density at radius 2 is 2.20 bits per heavy atom. The molecule has 25 heavy (non-hydrogen) atoms. The summed E-state index contributed by atoms with van der Waals surface area (Å²) < 4.78 is 29.4. The van der Waals surface area contributed by atoms with E-state index in [-0.39, 0.29) is 11.2 Å². The number of fused-ring (bicyclic) bond motifs is 1. The fraction of sp³-hybridized carbons (Fsp3) is 0.625. The number of hydrogen-bond acceptors (Lipinski definition) is 6. The summed E-state index contributed by atoms with van der Waals surface area (Å²) in [6.07, 6.45) is 3.83. The van der Waals surface area contributed by atoms with Crippen molar-refractivity contribution < 1.29 is 8.42 Å². The maximum absolute atomic E-state index is 12.6. The van der Waals surface area contributed by atoms with Gasteiger partial charge in [0.1, 0.15) is 0 Å². The Morgan fingerprint density at radius 3 is 2.88 bits per heavy atom. The number of hydrogen-bond donors (Lipinski definition) is 2. The Labute approximate surface area is 147 Å². The van der Waals surface area contributed by atoms with Crippen LogP contribution in [-0.2, 0) is 10.0 Å². The molecular weight excluding hydrogens is 340 g/mol. The maximum Gasteiger partial charge on any atom is 0.283 e. The molecule has 2 aliphatic rings. The SMILES string of the molecule is Cc1cc(N2CCC(C)C2)cn2nc(S(=O)(=O)NC3CCNC3)nc12. The minimum atomic E-state index is -3.71. The van der Waals surface area contributed by atoms with Crippen molar-refractivity contribution in [3.05, 3.63) is 17.8 Å². The molecule has 2 N–H and O–H groups in total. The summed E-state index contributed by atoms with van der Waals surface area (Å²) in [4.78, 5) is 6.59. The van der Waals surface area contributed by atoms with Crippen LogP contribution < -0.4 is 14.9 Å². The van der Waals surface area contributed by atoms with Crippen LogP contribution in [0.5, 0.6) is 0 Å². The van der Waals surface area contributed by atoms with E-state index < -0.39 is 10.0 Å². The number of nitrogens with zero attached hydrogens (tertiary/aromatic N) is 4. The highest BCUT2D eigenvalue weighted by molar-refractivity contribution is 7.89. The van der Waals surface area contributed by atoms with Gasteiger partial charge in [-0.2, -0.15) is 4.98 Å². The van der Waals surface area contributed by atoms with E-state index >= 15 is 0 Å². The number of pyridine rings is 1. The summed E-state index contributed by atoms with van der Waals surface area (Å²) >= 11 is 0. The highest BCUT2D eigenvalue weighted by Gasteiger charge is 2.27. The van der Waals surface area contributed by atoms with Crippen molar-refractivity contribution in [2.24, 2.45) is 5.92 Å². The van der Waals surface area contributed by atoms with Crippen LogP contribution in [0.1, 0.15) is 25.3 Å². The van der Waals surface area contributed by atoms with E-state index in [1.807, 2.05) is 13.1 Å². The van der Waals surface area contributed by atoms with Gasteiger partial charge in [-0.25, -0.2) is 17.7 Å². The first-order valence-electron chi connectivity index (χ1n) is 8.77. The van der Waals surface area contributed by atoms with Crippen molar-refractivity contribution in [1.82, 2.24) is 24.6 Å². The molecule has 2 aliphatic heterocycles. The molecule has 2 fully saturated rings. The van der Waals surface area contributed by atoms with E-state index in [0.717, 1.165) is 37.3 Å². The lowest BCUT2D eigenvalue weighted by molar-refractivity contribution is 0.551. The van der Waals surface area contributed by atoms with Gasteiger partial charge in [0, 0.05) is 25.7 Å². The Hall–Kier alpha value is -1.71. The predicted molar refractivity (Wildman–Crippen MR) is 95.3 cm³/mol. The first kappa shape index (κ1) is 16.7. The lowest BCUT2D eigenvalue weighted by Gasteiger charge is -2.18. The smallest absolute Gasteiger partial charge is 0.283 e. The van der Waals surface area contributed by atoms with Crippen LogP contribution in [0.25, 0.3) is 5.65 Å². The monoisotopic (exact) mass is 364 g/mol. The summed E-state index contributed by atoms with van der Waals surface area (Å²) in [5.74, 6) is 0.673. The van der Waals surface area contributed by atoms with Crippen molar-refractivity contribution in [1.29, 1.82) is 0 Å². The highest BCUT2D eigenvalue weighted by Crippen LogP contribution is 2.25. The molecule has 2 aromatic rings. The van der Waals surface area contributed by atoms with E-state index in [1.165, 1.54) is 6.42 Å². The van der Waals surface area contributed by atoms with Gasteiger partial charge in [0.25, 0.3) is 15.2 Å². The molecule has 2 atom stereocenters. The van der Waals surface area contributed by atoms with Gasteiger partial charge in [0.15, 0.2) is 5.65 Å². The summed E-state index contributed by atoms with van der Waals surface area (Å²) in [5, 5.41) is 7.23. The van der Waals surface area contributed by atoms with Gasteiger partial charge in [0.05, 0.1) is 11.9 Å². The molecule has 8 nitrogen and oxygen atoms in total. The van der Waals surface area contributed by atoms with Crippen molar-refractivity contribution in [2.45, 2.75) is 37.9 Å². The fourth-order valence-electron chi connectivity index (χ4n) is 3.60. The molecule has 0 bridgehead atoms. The number of aryl methyl sites for hydroxylation is 1. The van der Waals surface area contributed by atoms with Crippen LogP contribution in [0.2, 0.25) is 0 Å². The van der Waals surface area contributed by atoms with Gasteiger partial charge < -0.3 is 10.2 Å². The third kappa shape index (κ3) is 3.23. The Balaban J connectivity index is 1.66. The molecular formula is C16H24N6O2S. The molecule has 2 saturated heterocycles. The summed E-state index contributed by atoms with van der Waals surface area (Å²) in [7, 11) is -3.71. The van der Waals surface area contributed by atoms with Crippen LogP contribution in [-0.4, -0.2) is 55.2 Å². The molecule has 0 spiro atoms. The molecule has 9 heteroatoms. The zero-order valence-electron chi connectivity index (χ0n) is 14.6. The molecule has 136 valence electrons. The van der Waals surface area contributed by atoms with Crippen LogP contribution in [0.4, 0.5) is 5.69 Å². The third-order valence-electron chi connectivity index (χ3n) is 4.99. The molecule has 4 rings (SSSR count). The highest BCUT2D eigenvalue weighted by atomic mass is 32.2. The zero-order chi connectivity index (χ0) is 17.6. The van der Waals surface area contributed by atoms with E-state index in [4.69, 9.17) is 0 Å².